The van der Waals surface area contributed by atoms with Crippen molar-refractivity contribution in [3.05, 3.63) is 29.3 Å². The van der Waals surface area contributed by atoms with E-state index in [2.05, 4.69) is 44.3 Å². The Morgan fingerprint density at radius 1 is 1.39 bits per heavy atom. The number of benzene rings is 1. The van der Waals surface area contributed by atoms with Gasteiger partial charge in [-0.15, -0.1) is 0 Å². The molecule has 2 unspecified atom stereocenters. The predicted octanol–water partition coefficient (Wildman–Crippen LogP) is 2.87. The lowest BCUT2D eigenvalue weighted by molar-refractivity contribution is -0.00151. The van der Waals surface area contributed by atoms with Gasteiger partial charge in [-0.1, -0.05) is 26.0 Å². The topological polar surface area (TPSA) is 30.5 Å². The number of nitrogens with one attached hydrogen (secondary N) is 1. The van der Waals surface area contributed by atoms with Gasteiger partial charge in [-0.05, 0) is 24.5 Å². The van der Waals surface area contributed by atoms with Gasteiger partial charge in [0, 0.05) is 18.2 Å². The van der Waals surface area contributed by atoms with E-state index in [0.29, 0.717) is 12.0 Å². The predicted molar refractivity (Wildman–Crippen MR) is 73.2 cm³/mol. The first-order chi connectivity index (χ1) is 8.63. The lowest BCUT2D eigenvalue weighted by Crippen LogP contribution is -2.41. The molecule has 1 saturated heterocycles. The van der Waals surface area contributed by atoms with Gasteiger partial charge in [0.2, 0.25) is 0 Å². The van der Waals surface area contributed by atoms with Gasteiger partial charge in [0.05, 0.1) is 13.7 Å². The number of hydrogen-bond acceptors (Lipinski definition) is 3. The highest BCUT2D eigenvalue weighted by atomic mass is 16.5. The molecule has 1 aromatic rings. The van der Waals surface area contributed by atoms with Crippen molar-refractivity contribution in [2.45, 2.75) is 38.8 Å². The summed E-state index contributed by atoms with van der Waals surface area (Å²) in [5.41, 5.74) is 2.44. The molecule has 0 saturated carbocycles. The van der Waals surface area contributed by atoms with Crippen LogP contribution in [0.15, 0.2) is 18.2 Å². The number of ether oxygens (including phenoxy) is 2. The molecular weight excluding hydrogens is 226 g/mol. The Morgan fingerprint density at radius 2 is 2.17 bits per heavy atom. The van der Waals surface area contributed by atoms with Crippen molar-refractivity contribution in [2.75, 3.05) is 20.3 Å². The van der Waals surface area contributed by atoms with Crippen LogP contribution < -0.4 is 10.1 Å². The molecule has 1 N–H and O–H groups in total. The molecule has 0 aromatic heterocycles. The summed E-state index contributed by atoms with van der Waals surface area (Å²) < 4.78 is 11.4. The third-order valence-electron chi connectivity index (χ3n) is 3.55. The second-order valence-corrected chi connectivity index (χ2v) is 5.19. The van der Waals surface area contributed by atoms with E-state index in [1.807, 2.05) is 0 Å². The van der Waals surface area contributed by atoms with Crippen LogP contribution in [0.5, 0.6) is 5.75 Å². The minimum Gasteiger partial charge on any atom is -0.496 e. The molecule has 1 aromatic carbocycles. The second kappa shape index (κ2) is 5.72. The molecule has 0 radical (unpaired) electrons. The molecule has 18 heavy (non-hydrogen) atoms. The highest BCUT2D eigenvalue weighted by molar-refractivity contribution is 5.40. The fraction of sp³-hybridized carbons (Fsp3) is 0.600. The molecule has 1 heterocycles. The van der Waals surface area contributed by atoms with Gasteiger partial charge < -0.3 is 14.8 Å². The average molecular weight is 249 g/mol. The summed E-state index contributed by atoms with van der Waals surface area (Å²) in [6, 6.07) is 6.76. The first kappa shape index (κ1) is 13.4. The maximum absolute atomic E-state index is 5.88. The summed E-state index contributed by atoms with van der Waals surface area (Å²) in [6.45, 7) is 8.21. The van der Waals surface area contributed by atoms with Crippen molar-refractivity contribution in [3.63, 3.8) is 0 Å². The largest absolute Gasteiger partial charge is 0.496 e. The molecular formula is C15H23NO2. The van der Waals surface area contributed by atoms with Gasteiger partial charge in [-0.3, -0.25) is 0 Å². The van der Waals surface area contributed by atoms with E-state index < -0.39 is 0 Å². The van der Waals surface area contributed by atoms with E-state index >= 15 is 0 Å². The zero-order valence-electron chi connectivity index (χ0n) is 11.7. The van der Waals surface area contributed by atoms with Crippen LogP contribution in [0.25, 0.3) is 0 Å². The van der Waals surface area contributed by atoms with Gasteiger partial charge in [-0.2, -0.15) is 0 Å². The maximum Gasteiger partial charge on any atom is 0.125 e. The Labute approximate surface area is 109 Å². The number of rotatable bonds is 3. The van der Waals surface area contributed by atoms with E-state index in [4.69, 9.17) is 9.47 Å². The van der Waals surface area contributed by atoms with E-state index in [9.17, 15) is 0 Å². The Balaban J connectivity index is 2.31. The quantitative estimate of drug-likeness (QED) is 0.893. The van der Waals surface area contributed by atoms with Crippen molar-refractivity contribution in [2.24, 2.45) is 0 Å². The van der Waals surface area contributed by atoms with Crippen LogP contribution in [0.4, 0.5) is 0 Å². The molecule has 2 atom stereocenters. The Bertz CT molecular complexity index is 403. The van der Waals surface area contributed by atoms with Crippen LogP contribution in [0.1, 0.15) is 43.9 Å². The SMILES string of the molecule is COc1cc(C(C)C)ccc1C1OCCNC1C. The first-order valence-electron chi connectivity index (χ1n) is 6.66. The number of morpholine rings is 1. The van der Waals surface area contributed by atoms with Gasteiger partial charge in [0.1, 0.15) is 11.9 Å². The average Bonchev–Trinajstić information content (AvgIpc) is 2.38. The standard InChI is InChI=1S/C15H23NO2/c1-10(2)12-5-6-13(14(9-12)17-4)15-11(3)16-7-8-18-15/h5-6,9-11,15-16H,7-8H2,1-4H3. The molecule has 3 heteroatoms. The van der Waals surface area contributed by atoms with Gasteiger partial charge in [-0.25, -0.2) is 0 Å². The van der Waals surface area contributed by atoms with Crippen LogP contribution in [0.2, 0.25) is 0 Å². The molecule has 0 amide bonds. The molecule has 0 bridgehead atoms. The lowest BCUT2D eigenvalue weighted by Gasteiger charge is -2.31. The number of methoxy groups -OCH3 is 1. The molecule has 1 aliphatic rings. The van der Waals surface area contributed by atoms with Crippen molar-refractivity contribution >= 4 is 0 Å². The number of hydrogen-bond donors (Lipinski definition) is 1. The Kier molecular flexibility index (Phi) is 4.25. The molecule has 0 aliphatic carbocycles. The van der Waals surface area contributed by atoms with Crippen molar-refractivity contribution in [1.29, 1.82) is 0 Å². The summed E-state index contributed by atoms with van der Waals surface area (Å²) in [4.78, 5) is 0. The fourth-order valence-electron chi connectivity index (χ4n) is 2.40. The molecule has 3 nitrogen and oxygen atoms in total. The van der Waals surface area contributed by atoms with Gasteiger partial charge in [0.15, 0.2) is 0 Å². The summed E-state index contributed by atoms with van der Waals surface area (Å²) in [7, 11) is 1.73. The zero-order chi connectivity index (χ0) is 13.1. The molecule has 0 spiro atoms. The smallest absolute Gasteiger partial charge is 0.125 e. The third kappa shape index (κ3) is 2.68. The van der Waals surface area contributed by atoms with E-state index in [1.165, 1.54) is 5.56 Å². The van der Waals surface area contributed by atoms with Gasteiger partial charge >= 0.3 is 0 Å². The van der Waals surface area contributed by atoms with E-state index in [-0.39, 0.29) is 6.10 Å². The summed E-state index contributed by atoms with van der Waals surface area (Å²) >= 11 is 0. The zero-order valence-corrected chi connectivity index (χ0v) is 11.7. The van der Waals surface area contributed by atoms with Crippen molar-refractivity contribution in [3.8, 4) is 5.75 Å². The highest BCUT2D eigenvalue weighted by Gasteiger charge is 2.26. The highest BCUT2D eigenvalue weighted by Crippen LogP contribution is 2.33. The first-order valence-corrected chi connectivity index (χ1v) is 6.66. The fourth-order valence-corrected chi connectivity index (χ4v) is 2.40. The van der Waals surface area contributed by atoms with Gasteiger partial charge in [0.25, 0.3) is 0 Å². The minimum atomic E-state index is 0.0786. The summed E-state index contributed by atoms with van der Waals surface area (Å²) in [5.74, 6) is 1.44. The molecule has 100 valence electrons. The van der Waals surface area contributed by atoms with E-state index in [1.54, 1.807) is 7.11 Å². The van der Waals surface area contributed by atoms with Crippen LogP contribution >= 0.6 is 0 Å². The van der Waals surface area contributed by atoms with Crippen LogP contribution in [-0.4, -0.2) is 26.3 Å². The minimum absolute atomic E-state index is 0.0786. The monoisotopic (exact) mass is 249 g/mol. The summed E-state index contributed by atoms with van der Waals surface area (Å²) in [5, 5.41) is 3.44. The molecule has 2 rings (SSSR count). The third-order valence-corrected chi connectivity index (χ3v) is 3.55. The van der Waals surface area contributed by atoms with Crippen molar-refractivity contribution in [1.82, 2.24) is 5.32 Å². The Morgan fingerprint density at radius 3 is 2.78 bits per heavy atom. The molecule has 1 fully saturated rings. The second-order valence-electron chi connectivity index (χ2n) is 5.19. The normalized spacial score (nSPS) is 24.3. The molecule has 1 aliphatic heterocycles. The summed E-state index contributed by atoms with van der Waals surface area (Å²) in [6.07, 6.45) is 0.0786. The van der Waals surface area contributed by atoms with Crippen LogP contribution in [0, 0.1) is 0 Å². The van der Waals surface area contributed by atoms with Crippen LogP contribution in [-0.2, 0) is 4.74 Å². The van der Waals surface area contributed by atoms with Crippen molar-refractivity contribution < 1.29 is 9.47 Å². The van der Waals surface area contributed by atoms with E-state index in [0.717, 1.165) is 24.5 Å². The van der Waals surface area contributed by atoms with Crippen LogP contribution in [0.3, 0.4) is 0 Å². The lowest BCUT2D eigenvalue weighted by atomic mass is 9.96. The maximum atomic E-state index is 5.88. The Hall–Kier alpha value is -1.06.